The topological polar surface area (TPSA) is 70.7 Å². The molecule has 4 rings (SSSR count). The van der Waals surface area contributed by atoms with E-state index in [4.69, 9.17) is 0 Å². The maximum absolute atomic E-state index is 12.8. The quantitative estimate of drug-likeness (QED) is 0.580. The summed E-state index contributed by atoms with van der Waals surface area (Å²) >= 11 is 0. The minimum atomic E-state index is -0.245. The van der Waals surface area contributed by atoms with Crippen LogP contribution in [0, 0.1) is 6.92 Å². The molecule has 0 saturated carbocycles. The molecule has 5 nitrogen and oxygen atoms in total. The first kappa shape index (κ1) is 15.9. The molecule has 26 heavy (non-hydrogen) atoms. The van der Waals surface area contributed by atoms with Crippen LogP contribution in [0.3, 0.4) is 0 Å². The van der Waals surface area contributed by atoms with Gasteiger partial charge in [-0.3, -0.25) is 14.7 Å². The maximum Gasteiger partial charge on any atom is 0.279 e. The van der Waals surface area contributed by atoms with Crippen LogP contribution in [0.4, 0.5) is 0 Å². The second kappa shape index (κ2) is 6.04. The van der Waals surface area contributed by atoms with Crippen molar-refractivity contribution in [1.29, 1.82) is 0 Å². The van der Waals surface area contributed by atoms with E-state index in [0.29, 0.717) is 21.8 Å². The number of hydrogen-bond donors (Lipinski definition) is 2. The third-order valence-corrected chi connectivity index (χ3v) is 4.35. The van der Waals surface area contributed by atoms with E-state index in [9.17, 15) is 9.59 Å². The predicted molar refractivity (Wildman–Crippen MR) is 104 cm³/mol. The number of pyridine rings is 1. The van der Waals surface area contributed by atoms with E-state index in [1.807, 2.05) is 55.5 Å². The molecule has 2 aromatic carbocycles. The zero-order valence-corrected chi connectivity index (χ0v) is 14.2. The van der Waals surface area contributed by atoms with Crippen molar-refractivity contribution in [2.45, 2.75) is 6.92 Å². The fraction of sp³-hybridized carbons (Fsp3) is 0.0476. The zero-order chi connectivity index (χ0) is 18.3. The lowest BCUT2D eigenvalue weighted by Gasteiger charge is -2.01. The van der Waals surface area contributed by atoms with Crippen molar-refractivity contribution in [2.75, 3.05) is 0 Å². The van der Waals surface area contributed by atoms with Crippen molar-refractivity contribution in [3.63, 3.8) is 0 Å². The number of aryl methyl sites for hydroxylation is 1. The molecule has 0 aliphatic carbocycles. The number of nitrogens with one attached hydrogen (secondary N) is 2. The highest BCUT2D eigenvalue weighted by atomic mass is 16.1. The Labute approximate surface area is 148 Å². The van der Waals surface area contributed by atoms with Gasteiger partial charge in [0.1, 0.15) is 0 Å². The number of aromatic nitrogens is 3. The van der Waals surface area contributed by atoms with Crippen LogP contribution in [0.2, 0.25) is 0 Å². The van der Waals surface area contributed by atoms with Gasteiger partial charge in [0.25, 0.3) is 11.1 Å². The van der Waals surface area contributed by atoms with Gasteiger partial charge in [-0.1, -0.05) is 36.4 Å². The van der Waals surface area contributed by atoms with Crippen molar-refractivity contribution in [2.24, 2.45) is 0 Å². The summed E-state index contributed by atoms with van der Waals surface area (Å²) in [5.74, 6) is 0. The largest absolute Gasteiger partial charge is 0.321 e. The van der Waals surface area contributed by atoms with Gasteiger partial charge in [0, 0.05) is 11.1 Å². The maximum atomic E-state index is 12.8. The van der Waals surface area contributed by atoms with Crippen LogP contribution in [-0.2, 0) is 0 Å². The molecule has 128 valence electrons. The van der Waals surface area contributed by atoms with E-state index in [-0.39, 0.29) is 11.1 Å². The molecule has 0 spiro atoms. The minimum absolute atomic E-state index is 0.243. The summed E-state index contributed by atoms with van der Waals surface area (Å²) in [6.45, 7) is 5.90. The van der Waals surface area contributed by atoms with Gasteiger partial charge in [0.2, 0.25) is 0 Å². The number of H-pyrrole nitrogens is 2. The fourth-order valence-electron chi connectivity index (χ4n) is 3.01. The summed E-state index contributed by atoms with van der Waals surface area (Å²) in [7, 11) is 0. The lowest BCUT2D eigenvalue weighted by molar-refractivity contribution is 0.838. The molecule has 0 saturated heterocycles. The molecular weight excluding hydrogens is 326 g/mol. The van der Waals surface area contributed by atoms with E-state index in [2.05, 4.69) is 16.7 Å². The second-order valence-corrected chi connectivity index (χ2v) is 6.27. The van der Waals surface area contributed by atoms with E-state index < -0.39 is 0 Å². The molecule has 2 N–H and O–H groups in total. The van der Waals surface area contributed by atoms with Crippen LogP contribution in [-0.4, -0.2) is 14.8 Å². The van der Waals surface area contributed by atoms with Crippen molar-refractivity contribution >= 4 is 23.6 Å². The third-order valence-electron chi connectivity index (χ3n) is 4.35. The third kappa shape index (κ3) is 2.69. The van der Waals surface area contributed by atoms with Crippen molar-refractivity contribution < 1.29 is 0 Å². The van der Waals surface area contributed by atoms with Crippen LogP contribution in [0.15, 0.2) is 64.2 Å². The summed E-state index contributed by atoms with van der Waals surface area (Å²) < 4.78 is 1.42. The number of para-hydroxylation sites is 1. The average Bonchev–Trinajstić information content (AvgIpc) is 2.91. The average molecular weight is 343 g/mol. The summed E-state index contributed by atoms with van der Waals surface area (Å²) in [6, 6.07) is 16.8. The highest BCUT2D eigenvalue weighted by Gasteiger charge is 2.06. The van der Waals surface area contributed by atoms with Gasteiger partial charge in [-0.25, -0.2) is 4.68 Å². The molecule has 0 amide bonds. The van der Waals surface area contributed by atoms with Crippen LogP contribution in [0.5, 0.6) is 0 Å². The van der Waals surface area contributed by atoms with Gasteiger partial charge in [0.05, 0.1) is 16.3 Å². The van der Waals surface area contributed by atoms with Crippen molar-refractivity contribution in [3.8, 4) is 5.69 Å². The molecule has 5 heteroatoms. The smallest absolute Gasteiger partial charge is 0.279 e. The van der Waals surface area contributed by atoms with Gasteiger partial charge in [-0.15, -0.1) is 0 Å². The van der Waals surface area contributed by atoms with Crippen LogP contribution in [0.1, 0.15) is 11.1 Å². The number of hydrogen-bond acceptors (Lipinski definition) is 2. The van der Waals surface area contributed by atoms with E-state index >= 15 is 0 Å². The summed E-state index contributed by atoms with van der Waals surface area (Å²) in [5.41, 5.74) is 2.51. The number of rotatable bonds is 2. The Morgan fingerprint density at radius 2 is 1.81 bits per heavy atom. The lowest BCUT2D eigenvalue weighted by Crippen LogP contribution is -2.34. The molecule has 0 unspecified atom stereocenters. The normalized spacial score (nSPS) is 12.0. The first-order chi connectivity index (χ1) is 12.5. The van der Waals surface area contributed by atoms with Crippen LogP contribution < -0.4 is 21.7 Å². The molecule has 0 fully saturated rings. The number of benzene rings is 2. The molecule has 2 heterocycles. The Morgan fingerprint density at radius 1 is 1.04 bits per heavy atom. The standard InChI is InChI=1S/C21H17N3O2/c1-13-8-9-19-15(10-13)11-16(20(25)22-19)12-18-14(2)23-24(21(18)26)17-6-4-3-5-7-17/h3-12,23H,2H2,1H3,(H,22,25)/b18-12+. The van der Waals surface area contributed by atoms with Crippen molar-refractivity contribution in [1.82, 2.24) is 14.8 Å². The SMILES string of the molecule is C=c1[nH]n(-c2ccccc2)c(=O)/c1=C/c1cc2cc(C)ccc2[nH]c1=O. The highest BCUT2D eigenvalue weighted by Crippen LogP contribution is 2.13. The number of nitrogens with zero attached hydrogens (tertiary/aromatic N) is 1. The fourth-order valence-corrected chi connectivity index (χ4v) is 3.01. The molecular formula is C21H17N3O2. The Balaban J connectivity index is 1.95. The van der Waals surface area contributed by atoms with Gasteiger partial charge in [0.15, 0.2) is 0 Å². The molecule has 0 aliphatic rings. The van der Waals surface area contributed by atoms with Gasteiger partial charge in [-0.2, -0.15) is 0 Å². The molecule has 0 radical (unpaired) electrons. The molecule has 4 aromatic rings. The van der Waals surface area contributed by atoms with Crippen LogP contribution >= 0.6 is 0 Å². The Hall–Kier alpha value is -3.60. The summed E-state index contributed by atoms with van der Waals surface area (Å²) in [4.78, 5) is 28.0. The number of aromatic amines is 2. The molecule has 2 aromatic heterocycles. The Kier molecular flexibility index (Phi) is 3.69. The van der Waals surface area contributed by atoms with Gasteiger partial charge >= 0.3 is 0 Å². The van der Waals surface area contributed by atoms with Gasteiger partial charge < -0.3 is 4.98 Å². The van der Waals surface area contributed by atoms with E-state index in [0.717, 1.165) is 16.5 Å². The highest BCUT2D eigenvalue weighted by molar-refractivity contribution is 5.81. The molecule has 0 atom stereocenters. The summed E-state index contributed by atoms with van der Waals surface area (Å²) in [6.07, 6.45) is 1.58. The first-order valence-electron chi connectivity index (χ1n) is 8.24. The Morgan fingerprint density at radius 3 is 2.58 bits per heavy atom. The van der Waals surface area contributed by atoms with E-state index in [1.165, 1.54) is 4.68 Å². The number of fused-ring (bicyclic) bond motifs is 1. The van der Waals surface area contributed by atoms with Gasteiger partial charge in [-0.05, 0) is 48.7 Å². The second-order valence-electron chi connectivity index (χ2n) is 6.27. The Bertz CT molecular complexity index is 1340. The lowest BCUT2D eigenvalue weighted by atomic mass is 10.1. The zero-order valence-electron chi connectivity index (χ0n) is 14.2. The monoisotopic (exact) mass is 343 g/mol. The van der Waals surface area contributed by atoms with Crippen molar-refractivity contribution in [3.05, 3.63) is 97.0 Å². The molecule has 0 bridgehead atoms. The van der Waals surface area contributed by atoms with E-state index in [1.54, 1.807) is 12.1 Å². The minimum Gasteiger partial charge on any atom is -0.321 e. The molecule has 0 aliphatic heterocycles. The van der Waals surface area contributed by atoms with Crippen LogP contribution in [0.25, 0.3) is 29.2 Å². The predicted octanol–water partition coefficient (Wildman–Crippen LogP) is 1.55. The summed E-state index contributed by atoms with van der Waals surface area (Å²) in [5, 5.41) is 4.71. The first-order valence-corrected chi connectivity index (χ1v) is 8.24.